The molecule has 1 fully saturated rings. The third-order valence-corrected chi connectivity index (χ3v) is 3.26. The zero-order valence-electron chi connectivity index (χ0n) is 11.9. The largest absolute Gasteiger partial charge is 0.462 e. The minimum absolute atomic E-state index is 0.192. The molecule has 0 spiro atoms. The highest BCUT2D eigenvalue weighted by molar-refractivity contribution is 5.93. The van der Waals surface area contributed by atoms with Crippen LogP contribution >= 0.6 is 0 Å². The number of Topliss-reactive ketones (excluding diaryl/α,β-unsaturated/α-hetero) is 1. The van der Waals surface area contributed by atoms with Gasteiger partial charge in [0.15, 0.2) is 0 Å². The number of hydrogen-bond donors (Lipinski definition) is 1. The van der Waals surface area contributed by atoms with Gasteiger partial charge in [-0.05, 0) is 31.2 Å². The molecule has 1 aliphatic rings. The van der Waals surface area contributed by atoms with Crippen molar-refractivity contribution in [2.24, 2.45) is 0 Å². The van der Waals surface area contributed by atoms with Crippen LogP contribution in [0.2, 0.25) is 0 Å². The first kappa shape index (κ1) is 15.0. The van der Waals surface area contributed by atoms with Crippen molar-refractivity contribution < 1.29 is 19.1 Å². The second-order valence-corrected chi connectivity index (χ2v) is 4.75. The van der Waals surface area contributed by atoms with Gasteiger partial charge in [-0.15, -0.1) is 0 Å². The third kappa shape index (κ3) is 4.05. The molecule has 1 saturated heterocycles. The molecule has 0 radical (unpaired) electrons. The SMILES string of the molecule is CCOC(=O)c1ccc(NC(=O)N2CCC(=O)CC2)cc1. The molecule has 0 saturated carbocycles. The van der Waals surface area contributed by atoms with E-state index in [2.05, 4.69) is 5.32 Å². The van der Waals surface area contributed by atoms with Gasteiger partial charge in [0.05, 0.1) is 12.2 Å². The van der Waals surface area contributed by atoms with Crippen LogP contribution in [0.15, 0.2) is 24.3 Å². The molecule has 0 aromatic heterocycles. The van der Waals surface area contributed by atoms with Gasteiger partial charge in [0, 0.05) is 31.6 Å². The summed E-state index contributed by atoms with van der Waals surface area (Å²) in [7, 11) is 0. The molecule has 1 N–H and O–H groups in total. The van der Waals surface area contributed by atoms with Crippen LogP contribution in [-0.4, -0.2) is 42.4 Å². The molecule has 1 heterocycles. The maximum Gasteiger partial charge on any atom is 0.338 e. The molecule has 1 aliphatic heterocycles. The van der Waals surface area contributed by atoms with E-state index in [9.17, 15) is 14.4 Å². The number of nitrogens with zero attached hydrogens (tertiary/aromatic N) is 1. The normalized spacial score (nSPS) is 14.7. The quantitative estimate of drug-likeness (QED) is 0.865. The summed E-state index contributed by atoms with van der Waals surface area (Å²) >= 11 is 0. The molecule has 0 aliphatic carbocycles. The summed E-state index contributed by atoms with van der Waals surface area (Å²) in [5, 5.41) is 2.75. The fourth-order valence-electron chi connectivity index (χ4n) is 2.07. The third-order valence-electron chi connectivity index (χ3n) is 3.26. The van der Waals surface area contributed by atoms with Crippen LogP contribution in [-0.2, 0) is 9.53 Å². The van der Waals surface area contributed by atoms with E-state index in [0.717, 1.165) is 0 Å². The highest BCUT2D eigenvalue weighted by Crippen LogP contribution is 2.13. The number of rotatable bonds is 3. The summed E-state index contributed by atoms with van der Waals surface area (Å²) in [6, 6.07) is 6.28. The molecule has 21 heavy (non-hydrogen) atoms. The number of piperidine rings is 1. The van der Waals surface area contributed by atoms with Crippen molar-refractivity contribution in [3.63, 3.8) is 0 Å². The predicted octanol–water partition coefficient (Wildman–Crippen LogP) is 2.06. The van der Waals surface area contributed by atoms with E-state index in [1.165, 1.54) is 0 Å². The topological polar surface area (TPSA) is 75.7 Å². The summed E-state index contributed by atoms with van der Waals surface area (Å²) in [5.74, 6) is -0.192. The number of benzene rings is 1. The number of ether oxygens (including phenoxy) is 1. The van der Waals surface area contributed by atoms with Gasteiger partial charge < -0.3 is 15.0 Å². The lowest BCUT2D eigenvalue weighted by Crippen LogP contribution is -2.41. The Balaban J connectivity index is 1.92. The molecular weight excluding hydrogens is 272 g/mol. The summed E-state index contributed by atoms with van der Waals surface area (Å²) in [6.45, 7) is 2.97. The fraction of sp³-hybridized carbons (Fsp3) is 0.400. The second-order valence-electron chi connectivity index (χ2n) is 4.75. The standard InChI is InChI=1S/C15H18N2O4/c1-2-21-14(19)11-3-5-12(6-4-11)16-15(20)17-9-7-13(18)8-10-17/h3-6H,2,7-10H2,1H3,(H,16,20). The second kappa shape index (κ2) is 6.88. The number of hydrogen-bond acceptors (Lipinski definition) is 4. The van der Waals surface area contributed by atoms with E-state index in [1.807, 2.05) is 0 Å². The lowest BCUT2D eigenvalue weighted by molar-refractivity contribution is -0.120. The average Bonchev–Trinajstić information content (AvgIpc) is 2.49. The van der Waals surface area contributed by atoms with Crippen molar-refractivity contribution in [3.8, 4) is 0 Å². The van der Waals surface area contributed by atoms with Crippen LogP contribution in [0.4, 0.5) is 10.5 Å². The van der Waals surface area contributed by atoms with E-state index in [1.54, 1.807) is 36.1 Å². The number of urea groups is 1. The van der Waals surface area contributed by atoms with E-state index in [4.69, 9.17) is 4.74 Å². The van der Waals surface area contributed by atoms with Crippen LogP contribution in [0.1, 0.15) is 30.1 Å². The Labute approximate surface area is 123 Å². The number of carbonyl (C=O) groups is 3. The number of amides is 2. The molecule has 112 valence electrons. The molecular formula is C15H18N2O4. The molecule has 6 nitrogen and oxygen atoms in total. The molecule has 6 heteroatoms. The summed E-state index contributed by atoms with van der Waals surface area (Å²) < 4.78 is 4.89. The van der Waals surface area contributed by atoms with E-state index < -0.39 is 0 Å². The number of likely N-dealkylation sites (tertiary alicyclic amines) is 1. The van der Waals surface area contributed by atoms with Gasteiger partial charge in [-0.2, -0.15) is 0 Å². The average molecular weight is 290 g/mol. The van der Waals surface area contributed by atoms with Crippen LogP contribution in [0, 0.1) is 0 Å². The van der Waals surface area contributed by atoms with Gasteiger partial charge >= 0.3 is 12.0 Å². The number of carbonyl (C=O) groups excluding carboxylic acids is 3. The van der Waals surface area contributed by atoms with Gasteiger partial charge in [0.1, 0.15) is 5.78 Å². The highest BCUT2D eigenvalue weighted by atomic mass is 16.5. The first-order valence-electron chi connectivity index (χ1n) is 6.95. The fourth-order valence-corrected chi connectivity index (χ4v) is 2.07. The molecule has 0 atom stereocenters. The molecule has 1 aromatic carbocycles. The first-order chi connectivity index (χ1) is 10.1. The van der Waals surface area contributed by atoms with E-state index in [0.29, 0.717) is 43.8 Å². The smallest absolute Gasteiger partial charge is 0.338 e. The Morgan fingerprint density at radius 3 is 2.38 bits per heavy atom. The maximum absolute atomic E-state index is 12.0. The predicted molar refractivity (Wildman–Crippen MR) is 77.2 cm³/mol. The highest BCUT2D eigenvalue weighted by Gasteiger charge is 2.20. The molecule has 2 rings (SSSR count). The maximum atomic E-state index is 12.0. The zero-order valence-corrected chi connectivity index (χ0v) is 11.9. The summed E-state index contributed by atoms with van der Waals surface area (Å²) in [5.41, 5.74) is 1.04. The van der Waals surface area contributed by atoms with Crippen LogP contribution < -0.4 is 5.32 Å². The van der Waals surface area contributed by atoms with Crippen molar-refractivity contribution in [2.75, 3.05) is 25.0 Å². The lowest BCUT2D eigenvalue weighted by Gasteiger charge is -2.26. The number of anilines is 1. The Kier molecular flexibility index (Phi) is 4.92. The van der Waals surface area contributed by atoms with Crippen LogP contribution in [0.3, 0.4) is 0 Å². The van der Waals surface area contributed by atoms with Crippen LogP contribution in [0.5, 0.6) is 0 Å². The summed E-state index contributed by atoms with van der Waals surface area (Å²) in [6.07, 6.45) is 0.824. The molecule has 0 bridgehead atoms. The van der Waals surface area contributed by atoms with Crippen molar-refractivity contribution in [1.82, 2.24) is 4.90 Å². The van der Waals surface area contributed by atoms with Gasteiger partial charge in [-0.1, -0.05) is 0 Å². The number of esters is 1. The Bertz CT molecular complexity index is 529. The van der Waals surface area contributed by atoms with Crippen molar-refractivity contribution in [2.45, 2.75) is 19.8 Å². The van der Waals surface area contributed by atoms with Crippen molar-refractivity contribution in [1.29, 1.82) is 0 Å². The van der Waals surface area contributed by atoms with E-state index in [-0.39, 0.29) is 17.8 Å². The Hall–Kier alpha value is -2.37. The molecule has 1 aromatic rings. The Morgan fingerprint density at radius 1 is 1.19 bits per heavy atom. The van der Waals surface area contributed by atoms with Gasteiger partial charge in [0.25, 0.3) is 0 Å². The molecule has 0 unspecified atom stereocenters. The Morgan fingerprint density at radius 2 is 1.81 bits per heavy atom. The van der Waals surface area contributed by atoms with Gasteiger partial charge in [-0.25, -0.2) is 9.59 Å². The van der Waals surface area contributed by atoms with Gasteiger partial charge in [-0.3, -0.25) is 4.79 Å². The molecule has 2 amide bonds. The van der Waals surface area contributed by atoms with Crippen molar-refractivity contribution >= 4 is 23.5 Å². The van der Waals surface area contributed by atoms with E-state index >= 15 is 0 Å². The number of ketones is 1. The van der Waals surface area contributed by atoms with Gasteiger partial charge in [0.2, 0.25) is 0 Å². The van der Waals surface area contributed by atoms with Crippen LogP contribution in [0.25, 0.3) is 0 Å². The first-order valence-corrected chi connectivity index (χ1v) is 6.95. The zero-order chi connectivity index (χ0) is 15.2. The monoisotopic (exact) mass is 290 g/mol. The minimum atomic E-state index is -0.384. The number of nitrogens with one attached hydrogen (secondary N) is 1. The minimum Gasteiger partial charge on any atom is -0.462 e. The van der Waals surface area contributed by atoms with Crippen molar-refractivity contribution in [3.05, 3.63) is 29.8 Å². The summed E-state index contributed by atoms with van der Waals surface area (Å²) in [4.78, 5) is 36.3. The lowest BCUT2D eigenvalue weighted by atomic mass is 10.1.